The quantitative estimate of drug-likeness (QED) is 0.0603. The Balaban J connectivity index is 0.717. The van der Waals surface area contributed by atoms with E-state index in [-0.39, 0.29) is 0 Å². The molecule has 0 aliphatic rings. The number of para-hydroxylation sites is 8. The van der Waals surface area contributed by atoms with Crippen LogP contribution in [0.2, 0.25) is 0 Å². The minimum atomic E-state index is 0.515. The van der Waals surface area contributed by atoms with E-state index < -0.39 is 0 Å². The fraction of sp³-hybridized carbons (Fsp3) is 0.0690. The highest BCUT2D eigenvalue weighted by Gasteiger charge is 2.25. The predicted octanol–water partition coefficient (Wildman–Crippen LogP) is 32.8. The molecule has 3 heterocycles. The van der Waals surface area contributed by atoms with Crippen molar-refractivity contribution in [1.82, 2.24) is 13.7 Å². The summed E-state index contributed by atoms with van der Waals surface area (Å²) >= 11 is 0. The van der Waals surface area contributed by atoms with E-state index in [2.05, 4.69) is 496 Å². The number of benzene rings is 18. The van der Waals surface area contributed by atoms with Gasteiger partial charge in [-0.1, -0.05) is 251 Å². The molecule has 1 unspecified atom stereocenters. The standard InChI is InChI=1S/C116H91N7/c1-3-5-30-82(4-2)81-117-111-73-67-103(122-113-69-55-87(83-47-59-99(60-48-83)118(91-31-14-6-15-32-91)92-33-16-7-17-34-92)75-105(113)106-76-88(56-70-114(106)122)84-49-61-100(62-50-84)119(93-35-18-8-19-36-93)94-37-20-9-21-38-94)79-109(111)110-80-104(68-74-112(110)117)123-115-71-57-89(85-51-63-101(64-52-85)120(95-39-22-10-23-40-95)96-41-24-11-25-42-96)77-107(115)108-78-90(58-72-116(108)123)86-53-65-102(66-54-86)121(97-43-26-12-27-44-97)98-45-28-13-29-46-98/h6-29,31-80,82H,3-5,30,81H2,1-2H3. The van der Waals surface area contributed by atoms with E-state index in [1.807, 2.05) is 0 Å². The highest BCUT2D eigenvalue weighted by atomic mass is 15.2. The Hall–Kier alpha value is -15.4. The molecule has 7 nitrogen and oxygen atoms in total. The van der Waals surface area contributed by atoms with Crippen molar-refractivity contribution >= 4 is 134 Å². The van der Waals surface area contributed by atoms with E-state index in [1.165, 1.54) is 62.6 Å². The highest BCUT2D eigenvalue weighted by Crippen LogP contribution is 2.47. The number of hydrogen-bond acceptors (Lipinski definition) is 4. The second kappa shape index (κ2) is 33.0. The maximum atomic E-state index is 2.65. The molecular weight excluding hydrogens is 1490 g/mol. The van der Waals surface area contributed by atoms with E-state index in [0.29, 0.717) is 5.92 Å². The molecule has 0 fully saturated rings. The van der Waals surface area contributed by atoms with Crippen LogP contribution in [0, 0.1) is 5.92 Å². The molecular formula is C116H91N7. The lowest BCUT2D eigenvalue weighted by molar-refractivity contribution is 0.401. The average Bonchev–Trinajstić information content (AvgIpc) is 1.57. The molecule has 18 aromatic carbocycles. The van der Waals surface area contributed by atoms with Crippen molar-refractivity contribution in [3.05, 3.63) is 449 Å². The summed E-state index contributed by atoms with van der Waals surface area (Å²) in [7, 11) is 0. The van der Waals surface area contributed by atoms with Crippen LogP contribution in [-0.4, -0.2) is 13.7 Å². The van der Waals surface area contributed by atoms with Crippen LogP contribution in [0.1, 0.15) is 39.5 Å². The van der Waals surface area contributed by atoms with Crippen molar-refractivity contribution < 1.29 is 0 Å². The number of hydrogen-bond donors (Lipinski definition) is 0. The first kappa shape index (κ1) is 75.1. The van der Waals surface area contributed by atoms with E-state index in [0.717, 1.165) is 159 Å². The van der Waals surface area contributed by atoms with Gasteiger partial charge >= 0.3 is 0 Å². The monoisotopic (exact) mass is 1580 g/mol. The molecule has 0 amide bonds. The predicted molar refractivity (Wildman–Crippen MR) is 522 cm³/mol. The van der Waals surface area contributed by atoms with Crippen molar-refractivity contribution in [1.29, 1.82) is 0 Å². The van der Waals surface area contributed by atoms with Crippen molar-refractivity contribution in [2.75, 3.05) is 19.6 Å². The van der Waals surface area contributed by atoms with Gasteiger partial charge in [0.2, 0.25) is 0 Å². The smallest absolute Gasteiger partial charge is 0.0541 e. The molecule has 0 spiro atoms. The summed E-state index contributed by atoms with van der Waals surface area (Å²) in [4.78, 5) is 9.32. The van der Waals surface area contributed by atoms with Gasteiger partial charge in [0.1, 0.15) is 0 Å². The number of aromatic nitrogens is 3. The third-order valence-corrected chi connectivity index (χ3v) is 24.8. The van der Waals surface area contributed by atoms with Crippen LogP contribution in [0.3, 0.4) is 0 Å². The lowest BCUT2D eigenvalue weighted by atomic mass is 9.99. The number of rotatable bonds is 24. The van der Waals surface area contributed by atoms with E-state index >= 15 is 0 Å². The first-order valence-electron chi connectivity index (χ1n) is 43.2. The van der Waals surface area contributed by atoms with E-state index in [1.54, 1.807) is 0 Å². The van der Waals surface area contributed by atoms with Crippen LogP contribution in [0.25, 0.3) is 121 Å². The van der Waals surface area contributed by atoms with Gasteiger partial charge in [-0.3, -0.25) is 0 Å². The lowest BCUT2D eigenvalue weighted by Gasteiger charge is -2.25. The maximum absolute atomic E-state index is 2.65. The molecule has 0 saturated carbocycles. The van der Waals surface area contributed by atoms with Gasteiger partial charge in [0.05, 0.1) is 22.1 Å². The first-order chi connectivity index (χ1) is 60.9. The molecule has 0 radical (unpaired) electrons. The minimum Gasteiger partial charge on any atom is -0.340 e. The lowest BCUT2D eigenvalue weighted by Crippen LogP contribution is -2.10. The van der Waals surface area contributed by atoms with Gasteiger partial charge in [-0.25, -0.2) is 0 Å². The Kier molecular flexibility index (Phi) is 20.2. The van der Waals surface area contributed by atoms with Crippen molar-refractivity contribution in [3.63, 3.8) is 0 Å². The van der Waals surface area contributed by atoms with Gasteiger partial charge in [0, 0.05) is 130 Å². The molecule has 7 heteroatoms. The van der Waals surface area contributed by atoms with E-state index in [4.69, 9.17) is 0 Å². The van der Waals surface area contributed by atoms with Gasteiger partial charge < -0.3 is 33.3 Å². The summed E-state index contributed by atoms with van der Waals surface area (Å²) in [6, 6.07) is 165. The maximum Gasteiger partial charge on any atom is 0.0541 e. The van der Waals surface area contributed by atoms with Crippen LogP contribution >= 0.6 is 0 Å². The summed E-state index contributed by atoms with van der Waals surface area (Å²) in [5.41, 5.74) is 31.7. The van der Waals surface area contributed by atoms with Crippen LogP contribution in [0.15, 0.2) is 449 Å². The number of unbranched alkanes of at least 4 members (excludes halogenated alkanes) is 1. The zero-order valence-corrected chi connectivity index (χ0v) is 69.0. The molecule has 0 aliphatic heterocycles. The summed E-state index contributed by atoms with van der Waals surface area (Å²) in [6.07, 6.45) is 4.67. The fourth-order valence-corrected chi connectivity index (χ4v) is 18.7. The largest absolute Gasteiger partial charge is 0.340 e. The van der Waals surface area contributed by atoms with Gasteiger partial charge in [0.15, 0.2) is 0 Å². The van der Waals surface area contributed by atoms with Gasteiger partial charge in [-0.05, 0) is 287 Å². The van der Waals surface area contributed by atoms with Gasteiger partial charge in [-0.2, -0.15) is 0 Å². The molecule has 590 valence electrons. The Labute approximate surface area is 719 Å². The third kappa shape index (κ3) is 14.4. The number of nitrogens with zero attached hydrogens (tertiary/aromatic N) is 7. The zero-order valence-electron chi connectivity index (χ0n) is 69.0. The topological polar surface area (TPSA) is 27.8 Å². The van der Waals surface area contributed by atoms with Crippen molar-refractivity contribution in [3.8, 4) is 55.9 Å². The first-order valence-corrected chi connectivity index (χ1v) is 43.2. The van der Waals surface area contributed by atoms with Crippen molar-refractivity contribution in [2.45, 2.75) is 46.1 Å². The Bertz CT molecular complexity index is 6340. The number of anilines is 12. The van der Waals surface area contributed by atoms with Gasteiger partial charge in [0.25, 0.3) is 0 Å². The molecule has 21 rings (SSSR count). The molecule has 21 aromatic rings. The normalized spacial score (nSPS) is 11.8. The third-order valence-electron chi connectivity index (χ3n) is 24.8. The van der Waals surface area contributed by atoms with Crippen LogP contribution < -0.4 is 19.6 Å². The average molecular weight is 1580 g/mol. The molecule has 0 saturated heterocycles. The van der Waals surface area contributed by atoms with Crippen LogP contribution in [0.4, 0.5) is 68.2 Å². The second-order valence-electron chi connectivity index (χ2n) is 32.2. The molecule has 0 N–H and O–H groups in total. The Morgan fingerprint density at radius 2 is 0.407 bits per heavy atom. The summed E-state index contributed by atoms with van der Waals surface area (Å²) in [5.74, 6) is 0.515. The molecule has 3 aromatic heterocycles. The number of fused-ring (bicyclic) bond motifs is 9. The zero-order chi connectivity index (χ0) is 82.1. The fourth-order valence-electron chi connectivity index (χ4n) is 18.7. The molecule has 0 bridgehead atoms. The van der Waals surface area contributed by atoms with Crippen molar-refractivity contribution in [2.24, 2.45) is 5.92 Å². The molecule has 0 aliphatic carbocycles. The van der Waals surface area contributed by atoms with E-state index in [9.17, 15) is 0 Å². The SMILES string of the molecule is CCCCC(CC)Cn1c2ccc(-n3c4ccc(-c5ccc(N(c6ccccc6)c6ccccc6)cc5)cc4c4cc(-c5ccc(N(c6ccccc6)c6ccccc6)cc5)ccc43)cc2c2cc(-n3c4ccc(-c5ccc(N(c6ccccc6)c6ccccc6)cc5)cc4c4cc(-c5ccc(N(c6ccccc6)c6ccccc6)cc5)ccc43)ccc21. The summed E-state index contributed by atoms with van der Waals surface area (Å²) < 4.78 is 7.70. The Morgan fingerprint density at radius 3 is 0.626 bits per heavy atom. The summed E-state index contributed by atoms with van der Waals surface area (Å²) in [5, 5.41) is 7.21. The minimum absolute atomic E-state index is 0.515. The van der Waals surface area contributed by atoms with Gasteiger partial charge in [-0.15, -0.1) is 0 Å². The molecule has 1 atom stereocenters. The highest BCUT2D eigenvalue weighted by molar-refractivity contribution is 6.15. The second-order valence-corrected chi connectivity index (χ2v) is 32.2. The summed E-state index contributed by atoms with van der Waals surface area (Å²) in [6.45, 7) is 5.64. The molecule has 123 heavy (non-hydrogen) atoms. The van der Waals surface area contributed by atoms with Crippen LogP contribution in [0.5, 0.6) is 0 Å². The Morgan fingerprint density at radius 1 is 0.203 bits per heavy atom. The van der Waals surface area contributed by atoms with Crippen LogP contribution in [-0.2, 0) is 6.54 Å².